The van der Waals surface area contributed by atoms with E-state index in [4.69, 9.17) is 5.73 Å². The summed E-state index contributed by atoms with van der Waals surface area (Å²) in [6.07, 6.45) is 3.41. The van der Waals surface area contributed by atoms with Gasteiger partial charge in [0.15, 0.2) is 0 Å². The fraction of sp³-hybridized carbons (Fsp3) is 0.533. The Hall–Kier alpha value is -1.51. The third-order valence-corrected chi connectivity index (χ3v) is 4.02. The molecule has 1 fully saturated rings. The van der Waals surface area contributed by atoms with Crippen molar-refractivity contribution in [2.75, 3.05) is 5.73 Å². The maximum Gasteiger partial charge on any atom is 0.253 e. The van der Waals surface area contributed by atoms with Gasteiger partial charge in [0.05, 0.1) is 5.56 Å². The SMILES string of the molecule is Cc1ccc(N)c(C(=O)NC2CCCC2(C)C)c1. The molecule has 1 saturated carbocycles. The van der Waals surface area contributed by atoms with E-state index in [0.29, 0.717) is 11.3 Å². The van der Waals surface area contributed by atoms with Crippen molar-refractivity contribution >= 4 is 11.6 Å². The summed E-state index contributed by atoms with van der Waals surface area (Å²) in [4.78, 5) is 12.3. The molecule has 1 aromatic rings. The highest BCUT2D eigenvalue weighted by Gasteiger charge is 2.35. The molecule has 0 aromatic heterocycles. The Bertz CT molecular complexity index is 466. The fourth-order valence-corrected chi connectivity index (χ4v) is 2.70. The number of carbonyl (C=O) groups excluding carboxylic acids is 1. The molecule has 18 heavy (non-hydrogen) atoms. The van der Waals surface area contributed by atoms with Gasteiger partial charge in [-0.05, 0) is 37.3 Å². The molecule has 3 nitrogen and oxygen atoms in total. The molecule has 1 amide bonds. The molecule has 1 aliphatic carbocycles. The zero-order valence-corrected chi connectivity index (χ0v) is 11.4. The molecule has 0 heterocycles. The second-order valence-electron chi connectivity index (χ2n) is 6.00. The van der Waals surface area contributed by atoms with E-state index in [9.17, 15) is 4.79 Å². The number of anilines is 1. The summed E-state index contributed by atoms with van der Waals surface area (Å²) in [5.74, 6) is -0.0452. The Balaban J connectivity index is 2.15. The number of nitrogens with one attached hydrogen (secondary N) is 1. The van der Waals surface area contributed by atoms with Gasteiger partial charge in [-0.25, -0.2) is 0 Å². The van der Waals surface area contributed by atoms with Crippen molar-refractivity contribution in [1.82, 2.24) is 5.32 Å². The van der Waals surface area contributed by atoms with Gasteiger partial charge in [0, 0.05) is 11.7 Å². The first-order valence-electron chi connectivity index (χ1n) is 6.57. The number of hydrogen-bond donors (Lipinski definition) is 2. The molecular formula is C15H22N2O. The lowest BCUT2D eigenvalue weighted by atomic mass is 9.87. The summed E-state index contributed by atoms with van der Waals surface area (Å²) in [5.41, 5.74) is 8.26. The molecule has 1 aromatic carbocycles. The monoisotopic (exact) mass is 246 g/mol. The minimum atomic E-state index is -0.0452. The molecule has 2 rings (SSSR count). The minimum Gasteiger partial charge on any atom is -0.398 e. The highest BCUT2D eigenvalue weighted by Crippen LogP contribution is 2.37. The van der Waals surface area contributed by atoms with Crippen LogP contribution in [0.5, 0.6) is 0 Å². The number of nitrogens with two attached hydrogens (primary N) is 1. The molecule has 0 spiro atoms. The van der Waals surface area contributed by atoms with E-state index < -0.39 is 0 Å². The average Bonchev–Trinajstić information content (AvgIpc) is 2.62. The first-order valence-corrected chi connectivity index (χ1v) is 6.57. The van der Waals surface area contributed by atoms with E-state index in [-0.39, 0.29) is 17.4 Å². The summed E-state index contributed by atoms with van der Waals surface area (Å²) in [6.45, 7) is 6.39. The van der Waals surface area contributed by atoms with Crippen LogP contribution in [-0.4, -0.2) is 11.9 Å². The average molecular weight is 246 g/mol. The number of aryl methyl sites for hydroxylation is 1. The Labute approximate surface area is 109 Å². The van der Waals surface area contributed by atoms with E-state index in [1.807, 2.05) is 19.1 Å². The van der Waals surface area contributed by atoms with Crippen LogP contribution in [0.3, 0.4) is 0 Å². The van der Waals surface area contributed by atoms with Crippen LogP contribution in [0.25, 0.3) is 0 Å². The maximum absolute atomic E-state index is 12.3. The van der Waals surface area contributed by atoms with Gasteiger partial charge in [0.25, 0.3) is 5.91 Å². The van der Waals surface area contributed by atoms with Crippen LogP contribution in [-0.2, 0) is 0 Å². The molecule has 3 N–H and O–H groups in total. The van der Waals surface area contributed by atoms with Gasteiger partial charge in [0.2, 0.25) is 0 Å². The van der Waals surface area contributed by atoms with Crippen LogP contribution in [0, 0.1) is 12.3 Å². The van der Waals surface area contributed by atoms with Crippen LogP contribution < -0.4 is 11.1 Å². The van der Waals surface area contributed by atoms with Gasteiger partial charge in [-0.2, -0.15) is 0 Å². The lowest BCUT2D eigenvalue weighted by Gasteiger charge is -2.28. The minimum absolute atomic E-state index is 0.0452. The molecule has 0 radical (unpaired) electrons. The molecular weight excluding hydrogens is 224 g/mol. The van der Waals surface area contributed by atoms with Crippen molar-refractivity contribution in [3.63, 3.8) is 0 Å². The lowest BCUT2D eigenvalue weighted by Crippen LogP contribution is -2.41. The van der Waals surface area contributed by atoms with Crippen LogP contribution in [0.4, 0.5) is 5.69 Å². The zero-order valence-electron chi connectivity index (χ0n) is 11.4. The number of hydrogen-bond acceptors (Lipinski definition) is 2. The Morgan fingerprint density at radius 3 is 2.78 bits per heavy atom. The number of nitrogen functional groups attached to an aromatic ring is 1. The van der Waals surface area contributed by atoms with E-state index in [1.165, 1.54) is 12.8 Å². The molecule has 0 saturated heterocycles. The van der Waals surface area contributed by atoms with Gasteiger partial charge >= 0.3 is 0 Å². The standard InChI is InChI=1S/C15H22N2O/c1-10-6-7-12(16)11(9-10)14(18)17-13-5-4-8-15(13,2)3/h6-7,9,13H,4-5,8,16H2,1-3H3,(H,17,18). The first-order chi connectivity index (χ1) is 8.40. The first kappa shape index (κ1) is 12.9. The van der Waals surface area contributed by atoms with Crippen molar-refractivity contribution < 1.29 is 4.79 Å². The summed E-state index contributed by atoms with van der Waals surface area (Å²) >= 11 is 0. The maximum atomic E-state index is 12.3. The lowest BCUT2D eigenvalue weighted by molar-refractivity contribution is 0.0911. The third-order valence-electron chi connectivity index (χ3n) is 4.02. The van der Waals surface area contributed by atoms with Crippen LogP contribution >= 0.6 is 0 Å². The van der Waals surface area contributed by atoms with Crippen molar-refractivity contribution in [1.29, 1.82) is 0 Å². The molecule has 0 bridgehead atoms. The number of amides is 1. The third kappa shape index (κ3) is 2.50. The number of rotatable bonds is 2. The molecule has 1 unspecified atom stereocenters. The summed E-state index contributed by atoms with van der Waals surface area (Å²) in [6, 6.07) is 5.83. The number of carbonyl (C=O) groups is 1. The van der Waals surface area contributed by atoms with Gasteiger partial charge in [-0.3, -0.25) is 4.79 Å². The van der Waals surface area contributed by atoms with Crippen molar-refractivity contribution in [3.8, 4) is 0 Å². The molecule has 0 aliphatic heterocycles. The topological polar surface area (TPSA) is 55.1 Å². The van der Waals surface area contributed by atoms with Crippen molar-refractivity contribution in [3.05, 3.63) is 29.3 Å². The van der Waals surface area contributed by atoms with Crippen molar-refractivity contribution in [2.45, 2.75) is 46.1 Å². The zero-order chi connectivity index (χ0) is 13.3. The largest absolute Gasteiger partial charge is 0.398 e. The fourth-order valence-electron chi connectivity index (χ4n) is 2.70. The Morgan fingerprint density at radius 1 is 1.44 bits per heavy atom. The second kappa shape index (κ2) is 4.63. The highest BCUT2D eigenvalue weighted by molar-refractivity contribution is 5.99. The predicted molar refractivity (Wildman–Crippen MR) is 74.5 cm³/mol. The van der Waals surface area contributed by atoms with E-state index >= 15 is 0 Å². The Morgan fingerprint density at radius 2 is 2.17 bits per heavy atom. The van der Waals surface area contributed by atoms with E-state index in [1.54, 1.807) is 6.07 Å². The summed E-state index contributed by atoms with van der Waals surface area (Å²) in [7, 11) is 0. The molecule has 1 atom stereocenters. The van der Waals surface area contributed by atoms with Crippen LogP contribution in [0.2, 0.25) is 0 Å². The summed E-state index contributed by atoms with van der Waals surface area (Å²) in [5, 5.41) is 3.13. The Kier molecular flexibility index (Phi) is 3.33. The van der Waals surface area contributed by atoms with Gasteiger partial charge in [-0.15, -0.1) is 0 Å². The van der Waals surface area contributed by atoms with Crippen molar-refractivity contribution in [2.24, 2.45) is 5.41 Å². The summed E-state index contributed by atoms with van der Waals surface area (Å²) < 4.78 is 0. The van der Waals surface area contributed by atoms with Crippen LogP contribution in [0.15, 0.2) is 18.2 Å². The van der Waals surface area contributed by atoms with Gasteiger partial charge < -0.3 is 11.1 Å². The van der Waals surface area contributed by atoms with Gasteiger partial charge in [-0.1, -0.05) is 31.9 Å². The quantitative estimate of drug-likeness (QED) is 0.788. The van der Waals surface area contributed by atoms with E-state index in [0.717, 1.165) is 12.0 Å². The van der Waals surface area contributed by atoms with Crippen LogP contribution in [0.1, 0.15) is 49.0 Å². The number of benzene rings is 1. The smallest absolute Gasteiger partial charge is 0.253 e. The normalized spacial score (nSPS) is 21.8. The highest BCUT2D eigenvalue weighted by atomic mass is 16.1. The van der Waals surface area contributed by atoms with Gasteiger partial charge in [0.1, 0.15) is 0 Å². The molecule has 3 heteroatoms. The second-order valence-corrected chi connectivity index (χ2v) is 6.00. The van der Waals surface area contributed by atoms with E-state index in [2.05, 4.69) is 19.2 Å². The molecule has 98 valence electrons. The molecule has 1 aliphatic rings. The predicted octanol–water partition coefficient (Wildman–Crippen LogP) is 2.89.